The van der Waals surface area contributed by atoms with Crippen LogP contribution in [0.4, 0.5) is 4.39 Å². The fourth-order valence-electron chi connectivity index (χ4n) is 2.80. The van der Waals surface area contributed by atoms with Crippen LogP contribution in [-0.4, -0.2) is 17.1 Å². The van der Waals surface area contributed by atoms with E-state index in [2.05, 4.69) is 24.3 Å². The first-order valence-electron chi connectivity index (χ1n) is 7.02. The minimum absolute atomic E-state index is 0.0818. The smallest absolute Gasteiger partial charge is 0.170 e. The van der Waals surface area contributed by atoms with Crippen LogP contribution < -0.4 is 11.1 Å². The number of nitrogens with zero attached hydrogens (tertiary/aromatic N) is 1. The average molecular weight is 279 g/mol. The van der Waals surface area contributed by atoms with Gasteiger partial charge in [0.2, 0.25) is 0 Å². The van der Waals surface area contributed by atoms with Gasteiger partial charge in [0.15, 0.2) is 5.84 Å². The van der Waals surface area contributed by atoms with Crippen LogP contribution in [0.1, 0.15) is 37.8 Å². The van der Waals surface area contributed by atoms with E-state index in [4.69, 9.17) is 10.9 Å². The van der Waals surface area contributed by atoms with Crippen LogP contribution in [0.5, 0.6) is 0 Å². The molecule has 0 saturated heterocycles. The second kappa shape index (κ2) is 6.22. The van der Waals surface area contributed by atoms with Gasteiger partial charge in [-0.2, -0.15) is 0 Å². The highest BCUT2D eigenvalue weighted by Gasteiger charge is 2.29. The summed E-state index contributed by atoms with van der Waals surface area (Å²) in [7, 11) is 0. The molecule has 0 spiro atoms. The molecule has 0 amide bonds. The fraction of sp³-hybridized carbons (Fsp3) is 0.533. The average Bonchev–Trinajstić information content (AvgIpc) is 2.76. The van der Waals surface area contributed by atoms with Crippen molar-refractivity contribution in [2.75, 3.05) is 0 Å². The molecule has 3 unspecified atom stereocenters. The number of benzene rings is 1. The maximum atomic E-state index is 14.0. The molecule has 5 heteroatoms. The molecule has 1 saturated carbocycles. The first kappa shape index (κ1) is 14.8. The van der Waals surface area contributed by atoms with Crippen molar-refractivity contribution in [2.45, 2.75) is 39.3 Å². The molecule has 1 aromatic carbocycles. The third kappa shape index (κ3) is 3.10. The lowest BCUT2D eigenvalue weighted by Gasteiger charge is -2.20. The highest BCUT2D eigenvalue weighted by Crippen LogP contribution is 2.31. The molecule has 4 nitrogen and oxygen atoms in total. The van der Waals surface area contributed by atoms with Crippen molar-refractivity contribution in [2.24, 2.45) is 22.7 Å². The lowest BCUT2D eigenvalue weighted by Crippen LogP contribution is -2.32. The van der Waals surface area contributed by atoms with Gasteiger partial charge in [-0.1, -0.05) is 31.1 Å². The lowest BCUT2D eigenvalue weighted by atomic mass is 9.97. The standard InChI is InChI=1S/C15H22FN3O/c1-9-3-6-14(10(9)2)18-8-12-5-4-11(7-13(12)16)15(17)19-20/h4-5,7,9-10,14,18,20H,3,6,8H2,1-2H3,(H2,17,19). The van der Waals surface area contributed by atoms with E-state index in [0.717, 1.165) is 12.3 Å². The van der Waals surface area contributed by atoms with E-state index in [1.807, 2.05) is 0 Å². The van der Waals surface area contributed by atoms with E-state index in [9.17, 15) is 4.39 Å². The van der Waals surface area contributed by atoms with Crippen molar-refractivity contribution in [1.82, 2.24) is 5.32 Å². The third-order valence-electron chi connectivity index (χ3n) is 4.48. The van der Waals surface area contributed by atoms with E-state index in [0.29, 0.717) is 29.6 Å². The van der Waals surface area contributed by atoms with E-state index in [-0.39, 0.29) is 11.7 Å². The summed E-state index contributed by atoms with van der Waals surface area (Å²) < 4.78 is 14.0. The highest BCUT2D eigenvalue weighted by atomic mass is 19.1. The monoisotopic (exact) mass is 279 g/mol. The van der Waals surface area contributed by atoms with Crippen molar-refractivity contribution < 1.29 is 9.60 Å². The van der Waals surface area contributed by atoms with Crippen LogP contribution in [0.2, 0.25) is 0 Å². The summed E-state index contributed by atoms with van der Waals surface area (Å²) >= 11 is 0. The fourth-order valence-corrected chi connectivity index (χ4v) is 2.80. The summed E-state index contributed by atoms with van der Waals surface area (Å²) in [5, 5.41) is 14.9. The molecule has 1 aromatic rings. The van der Waals surface area contributed by atoms with Crippen LogP contribution >= 0.6 is 0 Å². The van der Waals surface area contributed by atoms with Crippen molar-refractivity contribution in [1.29, 1.82) is 0 Å². The zero-order valence-corrected chi connectivity index (χ0v) is 11.9. The summed E-state index contributed by atoms with van der Waals surface area (Å²) in [6.07, 6.45) is 2.37. The second-order valence-corrected chi connectivity index (χ2v) is 5.69. The predicted octanol–water partition coefficient (Wildman–Crippen LogP) is 2.44. The SMILES string of the molecule is CC1CCC(NCc2ccc(C(N)=NO)cc2F)C1C. The number of halogens is 1. The molecule has 1 aliphatic rings. The van der Waals surface area contributed by atoms with Crippen LogP contribution in [0.3, 0.4) is 0 Å². The van der Waals surface area contributed by atoms with Gasteiger partial charge in [0, 0.05) is 23.7 Å². The summed E-state index contributed by atoms with van der Waals surface area (Å²) in [4.78, 5) is 0. The third-order valence-corrected chi connectivity index (χ3v) is 4.48. The molecule has 0 aliphatic heterocycles. The van der Waals surface area contributed by atoms with Gasteiger partial charge in [0.25, 0.3) is 0 Å². The molecule has 0 radical (unpaired) electrons. The Morgan fingerprint density at radius 2 is 2.20 bits per heavy atom. The van der Waals surface area contributed by atoms with E-state index in [1.54, 1.807) is 12.1 Å². The maximum Gasteiger partial charge on any atom is 0.170 e. The Morgan fingerprint density at radius 3 is 2.75 bits per heavy atom. The first-order chi connectivity index (χ1) is 9.52. The van der Waals surface area contributed by atoms with Crippen molar-refractivity contribution in [3.8, 4) is 0 Å². The van der Waals surface area contributed by atoms with Crippen LogP contribution in [0, 0.1) is 17.7 Å². The van der Waals surface area contributed by atoms with Crippen LogP contribution in [0.25, 0.3) is 0 Å². The van der Waals surface area contributed by atoms with Gasteiger partial charge in [0.1, 0.15) is 5.82 Å². The quantitative estimate of drug-likeness (QED) is 0.343. The Kier molecular flexibility index (Phi) is 4.60. The Labute approximate surface area is 118 Å². The topological polar surface area (TPSA) is 70.6 Å². The van der Waals surface area contributed by atoms with Crippen molar-refractivity contribution >= 4 is 5.84 Å². The molecular weight excluding hydrogens is 257 g/mol. The Bertz CT molecular complexity index is 504. The molecule has 2 rings (SSSR count). The molecule has 20 heavy (non-hydrogen) atoms. The number of rotatable bonds is 4. The molecule has 110 valence electrons. The minimum atomic E-state index is -0.333. The van der Waals surface area contributed by atoms with Gasteiger partial charge in [-0.3, -0.25) is 0 Å². The second-order valence-electron chi connectivity index (χ2n) is 5.69. The zero-order valence-electron chi connectivity index (χ0n) is 11.9. The molecular formula is C15H22FN3O. The number of hydrogen-bond donors (Lipinski definition) is 3. The Morgan fingerprint density at radius 1 is 1.45 bits per heavy atom. The normalized spacial score (nSPS) is 26.9. The van der Waals surface area contributed by atoms with E-state index < -0.39 is 0 Å². The predicted molar refractivity (Wildman–Crippen MR) is 77.1 cm³/mol. The molecule has 3 atom stereocenters. The molecule has 0 bridgehead atoms. The van der Waals surface area contributed by atoms with E-state index in [1.165, 1.54) is 12.5 Å². The Balaban J connectivity index is 2.00. The summed E-state index contributed by atoms with van der Waals surface area (Å²) in [5.41, 5.74) is 6.43. The van der Waals surface area contributed by atoms with Gasteiger partial charge >= 0.3 is 0 Å². The minimum Gasteiger partial charge on any atom is -0.409 e. The van der Waals surface area contributed by atoms with Gasteiger partial charge in [-0.05, 0) is 30.7 Å². The van der Waals surface area contributed by atoms with E-state index >= 15 is 0 Å². The number of nitrogens with one attached hydrogen (secondary N) is 1. The molecule has 1 fully saturated rings. The van der Waals surface area contributed by atoms with Gasteiger partial charge in [-0.15, -0.1) is 0 Å². The first-order valence-corrected chi connectivity index (χ1v) is 7.02. The van der Waals surface area contributed by atoms with Gasteiger partial charge < -0.3 is 16.3 Å². The number of amidine groups is 1. The van der Waals surface area contributed by atoms with Crippen LogP contribution in [-0.2, 0) is 6.54 Å². The summed E-state index contributed by atoms with van der Waals surface area (Å²) in [6.45, 7) is 5.01. The highest BCUT2D eigenvalue weighted by molar-refractivity contribution is 5.97. The lowest BCUT2D eigenvalue weighted by molar-refractivity contribution is 0.318. The molecule has 1 aliphatic carbocycles. The summed E-state index contributed by atoms with van der Waals surface area (Å²) in [6, 6.07) is 5.09. The molecule has 4 N–H and O–H groups in total. The largest absolute Gasteiger partial charge is 0.409 e. The Hall–Kier alpha value is -1.62. The van der Waals surface area contributed by atoms with Crippen molar-refractivity contribution in [3.05, 3.63) is 35.1 Å². The number of nitrogens with two attached hydrogens (primary N) is 1. The van der Waals surface area contributed by atoms with Gasteiger partial charge in [-0.25, -0.2) is 4.39 Å². The number of hydrogen-bond acceptors (Lipinski definition) is 3. The number of oxime groups is 1. The van der Waals surface area contributed by atoms with Gasteiger partial charge in [0.05, 0.1) is 0 Å². The molecule has 0 heterocycles. The summed E-state index contributed by atoms with van der Waals surface area (Å²) in [5.74, 6) is 0.928. The maximum absolute atomic E-state index is 14.0. The van der Waals surface area contributed by atoms with Crippen molar-refractivity contribution in [3.63, 3.8) is 0 Å². The van der Waals surface area contributed by atoms with Crippen LogP contribution in [0.15, 0.2) is 23.4 Å². The molecule has 0 aromatic heterocycles. The zero-order chi connectivity index (χ0) is 14.7.